The first-order valence-electron chi connectivity index (χ1n) is 11.2. The summed E-state index contributed by atoms with van der Waals surface area (Å²) >= 11 is 0. The van der Waals surface area contributed by atoms with E-state index in [0.29, 0.717) is 6.04 Å². The zero-order valence-electron chi connectivity index (χ0n) is 18.6. The SMILES string of the molecule is CC(C)N(c1ccc(-c2ccccc2)cc1)c1ccccc1-c1cccc2ccccc12. The van der Waals surface area contributed by atoms with E-state index in [1.54, 1.807) is 0 Å². The molecule has 5 aromatic carbocycles. The average molecular weight is 414 g/mol. The summed E-state index contributed by atoms with van der Waals surface area (Å²) in [6, 6.07) is 43.7. The lowest BCUT2D eigenvalue weighted by atomic mass is 9.96. The highest BCUT2D eigenvalue weighted by molar-refractivity contribution is 6.00. The van der Waals surface area contributed by atoms with Crippen LogP contribution < -0.4 is 4.90 Å². The number of hydrogen-bond donors (Lipinski definition) is 0. The summed E-state index contributed by atoms with van der Waals surface area (Å²) in [5.74, 6) is 0. The second kappa shape index (κ2) is 8.72. The molecule has 0 atom stereocenters. The second-order valence-electron chi connectivity index (χ2n) is 8.42. The van der Waals surface area contributed by atoms with Crippen LogP contribution in [0.3, 0.4) is 0 Å². The minimum Gasteiger partial charge on any atom is -0.338 e. The Morgan fingerprint density at radius 3 is 1.88 bits per heavy atom. The zero-order valence-corrected chi connectivity index (χ0v) is 18.6. The van der Waals surface area contributed by atoms with Crippen molar-refractivity contribution in [1.29, 1.82) is 0 Å². The molecule has 0 fully saturated rings. The molecular weight excluding hydrogens is 386 g/mol. The molecule has 5 aromatic rings. The van der Waals surface area contributed by atoms with E-state index in [9.17, 15) is 0 Å². The van der Waals surface area contributed by atoms with E-state index in [0.717, 1.165) is 0 Å². The van der Waals surface area contributed by atoms with Crippen LogP contribution in [-0.2, 0) is 0 Å². The van der Waals surface area contributed by atoms with Crippen molar-refractivity contribution in [3.05, 3.63) is 121 Å². The molecule has 1 heteroatoms. The zero-order chi connectivity index (χ0) is 21.9. The molecule has 5 rings (SSSR count). The van der Waals surface area contributed by atoms with Gasteiger partial charge in [0.05, 0.1) is 0 Å². The lowest BCUT2D eigenvalue weighted by Crippen LogP contribution is -2.25. The highest BCUT2D eigenvalue weighted by Gasteiger charge is 2.18. The summed E-state index contributed by atoms with van der Waals surface area (Å²) in [6.07, 6.45) is 0. The molecule has 0 aliphatic heterocycles. The van der Waals surface area contributed by atoms with Gasteiger partial charge in [-0.05, 0) is 59.5 Å². The lowest BCUT2D eigenvalue weighted by molar-refractivity contribution is 0.789. The number of para-hydroxylation sites is 1. The van der Waals surface area contributed by atoms with Gasteiger partial charge in [0.1, 0.15) is 0 Å². The smallest absolute Gasteiger partial charge is 0.0493 e. The normalized spacial score (nSPS) is 11.1. The number of benzene rings is 5. The molecule has 0 heterocycles. The van der Waals surface area contributed by atoms with Crippen LogP contribution in [0.4, 0.5) is 11.4 Å². The van der Waals surface area contributed by atoms with Crippen molar-refractivity contribution in [3.8, 4) is 22.3 Å². The molecule has 0 aromatic heterocycles. The number of nitrogens with zero attached hydrogens (tertiary/aromatic N) is 1. The molecule has 0 aliphatic rings. The maximum Gasteiger partial charge on any atom is 0.0493 e. The first kappa shape index (κ1) is 20.1. The van der Waals surface area contributed by atoms with Gasteiger partial charge in [-0.25, -0.2) is 0 Å². The van der Waals surface area contributed by atoms with Crippen molar-refractivity contribution in [3.63, 3.8) is 0 Å². The van der Waals surface area contributed by atoms with Gasteiger partial charge < -0.3 is 4.90 Å². The Morgan fingerprint density at radius 2 is 1.09 bits per heavy atom. The fraction of sp³-hybridized carbons (Fsp3) is 0.0968. The van der Waals surface area contributed by atoms with Gasteiger partial charge in [-0.1, -0.05) is 103 Å². The molecule has 0 bridgehead atoms. The summed E-state index contributed by atoms with van der Waals surface area (Å²) in [7, 11) is 0. The first-order valence-corrected chi connectivity index (χ1v) is 11.2. The second-order valence-corrected chi connectivity index (χ2v) is 8.42. The van der Waals surface area contributed by atoms with Crippen LogP contribution in [0.1, 0.15) is 13.8 Å². The van der Waals surface area contributed by atoms with Crippen molar-refractivity contribution < 1.29 is 0 Å². The predicted molar refractivity (Wildman–Crippen MR) is 139 cm³/mol. The Hall–Kier alpha value is -3.84. The number of anilines is 2. The predicted octanol–water partition coefficient (Wildman–Crippen LogP) is 8.72. The van der Waals surface area contributed by atoms with Gasteiger partial charge in [0.25, 0.3) is 0 Å². The van der Waals surface area contributed by atoms with Crippen LogP contribution in [0.15, 0.2) is 121 Å². The minimum absolute atomic E-state index is 0.314. The maximum atomic E-state index is 2.44. The van der Waals surface area contributed by atoms with Crippen LogP contribution in [0, 0.1) is 0 Å². The van der Waals surface area contributed by atoms with Crippen molar-refractivity contribution in [2.75, 3.05) is 4.90 Å². The fourth-order valence-corrected chi connectivity index (χ4v) is 4.53. The largest absolute Gasteiger partial charge is 0.338 e. The quantitative estimate of drug-likeness (QED) is 0.278. The third kappa shape index (κ3) is 3.78. The Morgan fingerprint density at radius 1 is 0.500 bits per heavy atom. The van der Waals surface area contributed by atoms with E-state index >= 15 is 0 Å². The molecule has 156 valence electrons. The number of rotatable bonds is 5. The van der Waals surface area contributed by atoms with E-state index in [4.69, 9.17) is 0 Å². The summed E-state index contributed by atoms with van der Waals surface area (Å²) < 4.78 is 0. The molecule has 0 unspecified atom stereocenters. The Kier molecular flexibility index (Phi) is 5.47. The molecule has 32 heavy (non-hydrogen) atoms. The van der Waals surface area contributed by atoms with E-state index in [-0.39, 0.29) is 0 Å². The highest BCUT2D eigenvalue weighted by atomic mass is 15.2. The Balaban J connectivity index is 1.61. The van der Waals surface area contributed by atoms with E-state index < -0.39 is 0 Å². The summed E-state index contributed by atoms with van der Waals surface area (Å²) in [6.45, 7) is 4.51. The molecule has 0 N–H and O–H groups in total. The highest BCUT2D eigenvalue weighted by Crippen LogP contribution is 2.39. The molecule has 0 amide bonds. The summed E-state index contributed by atoms with van der Waals surface area (Å²) in [4.78, 5) is 2.44. The minimum atomic E-state index is 0.314. The molecule has 0 aliphatic carbocycles. The van der Waals surface area contributed by atoms with Crippen LogP contribution >= 0.6 is 0 Å². The van der Waals surface area contributed by atoms with Crippen LogP contribution in [-0.4, -0.2) is 6.04 Å². The van der Waals surface area contributed by atoms with Crippen molar-refractivity contribution in [2.45, 2.75) is 19.9 Å². The molecule has 0 saturated heterocycles. The molecule has 0 saturated carbocycles. The van der Waals surface area contributed by atoms with Gasteiger partial charge in [0, 0.05) is 23.0 Å². The molecule has 0 spiro atoms. The third-order valence-corrected chi connectivity index (χ3v) is 6.01. The van der Waals surface area contributed by atoms with Gasteiger partial charge in [0.2, 0.25) is 0 Å². The van der Waals surface area contributed by atoms with E-state index in [1.165, 1.54) is 44.4 Å². The van der Waals surface area contributed by atoms with Crippen molar-refractivity contribution in [2.24, 2.45) is 0 Å². The van der Waals surface area contributed by atoms with Gasteiger partial charge in [0.15, 0.2) is 0 Å². The maximum absolute atomic E-state index is 2.44. The standard InChI is InChI=1S/C31H27N/c1-23(2)32(27-21-19-25(20-22-27)24-11-4-3-5-12-24)31-18-9-8-16-30(31)29-17-10-14-26-13-6-7-15-28(26)29/h3-23H,1-2H3. The van der Waals surface area contributed by atoms with E-state index in [1.807, 2.05) is 0 Å². The topological polar surface area (TPSA) is 3.24 Å². The molecular formula is C31H27N. The van der Waals surface area contributed by atoms with Crippen LogP contribution in [0.2, 0.25) is 0 Å². The van der Waals surface area contributed by atoms with Gasteiger partial charge in [-0.3, -0.25) is 0 Å². The van der Waals surface area contributed by atoms with Crippen molar-refractivity contribution in [1.82, 2.24) is 0 Å². The lowest BCUT2D eigenvalue weighted by Gasteiger charge is -2.31. The number of fused-ring (bicyclic) bond motifs is 1. The molecule has 0 radical (unpaired) electrons. The fourth-order valence-electron chi connectivity index (χ4n) is 4.53. The molecule has 1 nitrogen and oxygen atoms in total. The summed E-state index contributed by atoms with van der Waals surface area (Å²) in [5.41, 5.74) is 7.43. The Labute approximate surface area is 190 Å². The average Bonchev–Trinajstić information content (AvgIpc) is 2.85. The van der Waals surface area contributed by atoms with Crippen LogP contribution in [0.5, 0.6) is 0 Å². The monoisotopic (exact) mass is 413 g/mol. The van der Waals surface area contributed by atoms with E-state index in [2.05, 4.69) is 140 Å². The van der Waals surface area contributed by atoms with Gasteiger partial charge in [-0.15, -0.1) is 0 Å². The number of hydrogen-bond acceptors (Lipinski definition) is 1. The van der Waals surface area contributed by atoms with Crippen molar-refractivity contribution >= 4 is 22.1 Å². The van der Waals surface area contributed by atoms with Gasteiger partial charge in [-0.2, -0.15) is 0 Å². The Bertz CT molecular complexity index is 1330. The summed E-state index contributed by atoms with van der Waals surface area (Å²) in [5, 5.41) is 2.55. The third-order valence-electron chi connectivity index (χ3n) is 6.01. The van der Waals surface area contributed by atoms with Crippen LogP contribution in [0.25, 0.3) is 33.0 Å². The van der Waals surface area contributed by atoms with Gasteiger partial charge >= 0.3 is 0 Å². The first-order chi connectivity index (χ1) is 15.7.